The fourth-order valence-electron chi connectivity index (χ4n) is 2.29. The van der Waals surface area contributed by atoms with E-state index in [4.69, 9.17) is 10.00 Å². The molecule has 2 N–H and O–H groups in total. The molecule has 0 aliphatic heterocycles. The molecular formula is C16H12FN5O3. The lowest BCUT2D eigenvalue weighted by molar-refractivity contribution is 0.0942. The Morgan fingerprint density at radius 1 is 1.44 bits per heavy atom. The van der Waals surface area contributed by atoms with Gasteiger partial charge < -0.3 is 10.1 Å². The zero-order valence-corrected chi connectivity index (χ0v) is 13.0. The van der Waals surface area contributed by atoms with E-state index in [0.29, 0.717) is 5.56 Å². The molecule has 0 unspecified atom stereocenters. The maximum absolute atomic E-state index is 12.9. The van der Waals surface area contributed by atoms with Crippen LogP contribution >= 0.6 is 0 Å². The molecular weight excluding hydrogens is 329 g/mol. The van der Waals surface area contributed by atoms with Crippen molar-refractivity contribution >= 4 is 11.6 Å². The molecule has 126 valence electrons. The molecule has 9 heteroatoms. The van der Waals surface area contributed by atoms with Crippen LogP contribution in [0.1, 0.15) is 21.6 Å². The van der Waals surface area contributed by atoms with E-state index >= 15 is 0 Å². The molecule has 25 heavy (non-hydrogen) atoms. The first-order chi connectivity index (χ1) is 12.0. The van der Waals surface area contributed by atoms with Crippen LogP contribution < -0.4 is 15.6 Å². The van der Waals surface area contributed by atoms with Gasteiger partial charge in [0.15, 0.2) is 11.3 Å². The van der Waals surface area contributed by atoms with Crippen molar-refractivity contribution in [3.8, 4) is 11.8 Å². The number of fused-ring (bicyclic) bond motifs is 1. The summed E-state index contributed by atoms with van der Waals surface area (Å²) in [6.07, 6.45) is 1.31. The number of rotatable bonds is 4. The Morgan fingerprint density at radius 3 is 2.80 bits per heavy atom. The number of amides is 1. The van der Waals surface area contributed by atoms with Gasteiger partial charge in [-0.3, -0.25) is 14.7 Å². The molecule has 0 saturated heterocycles. The lowest BCUT2D eigenvalue weighted by atomic mass is 10.2. The summed E-state index contributed by atoms with van der Waals surface area (Å²) in [6.45, 7) is 0.113. The normalized spacial score (nSPS) is 10.4. The molecule has 3 aromatic rings. The van der Waals surface area contributed by atoms with Gasteiger partial charge in [-0.25, -0.2) is 9.37 Å². The lowest BCUT2D eigenvalue weighted by Gasteiger charge is -2.09. The van der Waals surface area contributed by atoms with Crippen LogP contribution in [0, 0.1) is 17.1 Å². The van der Waals surface area contributed by atoms with Crippen LogP contribution in [0.25, 0.3) is 5.65 Å². The van der Waals surface area contributed by atoms with Gasteiger partial charge in [-0.1, -0.05) is 12.1 Å². The van der Waals surface area contributed by atoms with Gasteiger partial charge in [0.1, 0.15) is 17.4 Å². The van der Waals surface area contributed by atoms with Crippen LogP contribution in [0.3, 0.4) is 0 Å². The topological polar surface area (TPSA) is 112 Å². The first-order valence-corrected chi connectivity index (χ1v) is 7.16. The average molecular weight is 341 g/mol. The van der Waals surface area contributed by atoms with Gasteiger partial charge in [0.25, 0.3) is 5.91 Å². The Labute approximate surface area is 140 Å². The Kier molecular flexibility index (Phi) is 4.18. The van der Waals surface area contributed by atoms with Gasteiger partial charge >= 0.3 is 5.56 Å². The summed E-state index contributed by atoms with van der Waals surface area (Å²) in [5.74, 6) is -1.28. The monoisotopic (exact) mass is 341 g/mol. The van der Waals surface area contributed by atoms with E-state index < -0.39 is 11.5 Å². The number of hydrogen-bond donors (Lipinski definition) is 2. The largest absolute Gasteiger partial charge is 0.489 e. The third-order valence-electron chi connectivity index (χ3n) is 3.53. The Bertz CT molecular complexity index is 1050. The van der Waals surface area contributed by atoms with Crippen molar-refractivity contribution < 1.29 is 13.9 Å². The second-order valence-corrected chi connectivity index (χ2v) is 5.07. The van der Waals surface area contributed by atoms with E-state index in [-0.39, 0.29) is 35.0 Å². The molecule has 8 nitrogen and oxygen atoms in total. The highest BCUT2D eigenvalue weighted by Crippen LogP contribution is 2.14. The van der Waals surface area contributed by atoms with Crippen LogP contribution in [-0.4, -0.2) is 27.6 Å². The first kappa shape index (κ1) is 16.2. The minimum Gasteiger partial charge on any atom is -0.489 e. The SMILES string of the molecule is COc1c(C(=O)NCc2ccc(F)cc2)nc2c(C#N)c[nH]n2c1=O. The summed E-state index contributed by atoms with van der Waals surface area (Å²) in [5.41, 5.74) is -0.0508. The van der Waals surface area contributed by atoms with Gasteiger partial charge in [0, 0.05) is 12.7 Å². The molecule has 0 atom stereocenters. The highest BCUT2D eigenvalue weighted by molar-refractivity contribution is 5.95. The third-order valence-corrected chi connectivity index (χ3v) is 3.53. The molecule has 2 aromatic heterocycles. The molecule has 0 spiro atoms. The van der Waals surface area contributed by atoms with Crippen molar-refractivity contribution in [2.45, 2.75) is 6.54 Å². The molecule has 0 bridgehead atoms. The standard InChI is InChI=1S/C16H12FN5O3/c1-25-13-12(15(23)19-7-9-2-4-11(17)5-3-9)21-14-10(6-18)8-20-22(14)16(13)24/h2-5,8,20H,7H2,1H3,(H,19,23). The van der Waals surface area contributed by atoms with E-state index in [2.05, 4.69) is 15.4 Å². The van der Waals surface area contributed by atoms with Crippen molar-refractivity contribution in [1.82, 2.24) is 19.9 Å². The average Bonchev–Trinajstić information content (AvgIpc) is 3.04. The van der Waals surface area contributed by atoms with Crippen molar-refractivity contribution in [2.24, 2.45) is 0 Å². The third kappa shape index (κ3) is 2.92. The molecule has 0 aliphatic carbocycles. The van der Waals surface area contributed by atoms with Crippen molar-refractivity contribution in [1.29, 1.82) is 5.26 Å². The van der Waals surface area contributed by atoms with Crippen molar-refractivity contribution in [2.75, 3.05) is 7.11 Å². The van der Waals surface area contributed by atoms with Crippen molar-refractivity contribution in [3.05, 3.63) is 63.5 Å². The van der Waals surface area contributed by atoms with Crippen LogP contribution in [0.4, 0.5) is 4.39 Å². The number of H-pyrrole nitrogens is 1. The van der Waals surface area contributed by atoms with Gasteiger partial charge in [-0.2, -0.15) is 9.78 Å². The minimum absolute atomic E-state index is 0.0280. The summed E-state index contributed by atoms with van der Waals surface area (Å²) in [4.78, 5) is 28.9. The molecule has 1 aromatic carbocycles. The van der Waals surface area contributed by atoms with E-state index in [1.807, 2.05) is 6.07 Å². The molecule has 0 aliphatic rings. The molecule has 0 fully saturated rings. The van der Waals surface area contributed by atoms with E-state index in [9.17, 15) is 14.0 Å². The number of benzene rings is 1. The molecule has 3 rings (SSSR count). The fraction of sp³-hybridized carbons (Fsp3) is 0.125. The maximum atomic E-state index is 12.9. The predicted octanol–water partition coefficient (Wildman–Crippen LogP) is 0.972. The van der Waals surface area contributed by atoms with E-state index in [1.165, 1.54) is 37.6 Å². The molecule has 0 saturated carbocycles. The lowest BCUT2D eigenvalue weighted by Crippen LogP contribution is -2.28. The summed E-state index contributed by atoms with van der Waals surface area (Å²) in [7, 11) is 1.25. The molecule has 2 heterocycles. The smallest absolute Gasteiger partial charge is 0.315 e. The second kappa shape index (κ2) is 6.45. The fourth-order valence-corrected chi connectivity index (χ4v) is 2.29. The van der Waals surface area contributed by atoms with Crippen LogP contribution in [0.15, 0.2) is 35.3 Å². The number of nitrogens with one attached hydrogen (secondary N) is 2. The number of carbonyl (C=O) groups excluding carboxylic acids is 1. The number of aromatic amines is 1. The van der Waals surface area contributed by atoms with Crippen LogP contribution in [-0.2, 0) is 6.54 Å². The zero-order valence-electron chi connectivity index (χ0n) is 13.0. The summed E-state index contributed by atoms with van der Waals surface area (Å²) < 4.78 is 18.9. The Hall–Kier alpha value is -3.67. The van der Waals surface area contributed by atoms with Gasteiger partial charge in [0.05, 0.1) is 7.11 Å². The Balaban J connectivity index is 1.96. The van der Waals surface area contributed by atoms with E-state index in [0.717, 1.165) is 4.52 Å². The number of aromatic nitrogens is 3. The van der Waals surface area contributed by atoms with E-state index in [1.54, 1.807) is 0 Å². The summed E-state index contributed by atoms with van der Waals surface area (Å²) >= 11 is 0. The zero-order chi connectivity index (χ0) is 18.0. The second-order valence-electron chi connectivity index (χ2n) is 5.07. The summed E-state index contributed by atoms with van der Waals surface area (Å²) in [5, 5.41) is 14.2. The Morgan fingerprint density at radius 2 is 2.16 bits per heavy atom. The van der Waals surface area contributed by atoms with Gasteiger partial charge in [-0.15, -0.1) is 0 Å². The molecule has 1 amide bonds. The quantitative estimate of drug-likeness (QED) is 0.734. The predicted molar refractivity (Wildman–Crippen MR) is 84.6 cm³/mol. The number of nitrogens with zero attached hydrogens (tertiary/aromatic N) is 3. The van der Waals surface area contributed by atoms with Crippen LogP contribution in [0.2, 0.25) is 0 Å². The number of methoxy groups -OCH3 is 1. The number of ether oxygens (including phenoxy) is 1. The maximum Gasteiger partial charge on any atom is 0.315 e. The number of nitriles is 1. The highest BCUT2D eigenvalue weighted by atomic mass is 19.1. The van der Waals surface area contributed by atoms with Crippen LogP contribution in [0.5, 0.6) is 5.75 Å². The molecule has 0 radical (unpaired) electrons. The van der Waals surface area contributed by atoms with Crippen molar-refractivity contribution in [3.63, 3.8) is 0 Å². The van der Waals surface area contributed by atoms with Gasteiger partial charge in [-0.05, 0) is 17.7 Å². The number of hydrogen-bond acceptors (Lipinski definition) is 5. The minimum atomic E-state index is -0.647. The number of halogens is 1. The first-order valence-electron chi connectivity index (χ1n) is 7.16. The number of carbonyl (C=O) groups is 1. The van der Waals surface area contributed by atoms with Gasteiger partial charge in [0.2, 0.25) is 5.75 Å². The highest BCUT2D eigenvalue weighted by Gasteiger charge is 2.22. The summed E-state index contributed by atoms with van der Waals surface area (Å²) in [6, 6.07) is 7.49.